The fraction of sp³-hybridized carbons (Fsp3) is 0.0556. The first-order valence-corrected chi connectivity index (χ1v) is 9.70. The topological polar surface area (TPSA) is 132 Å². The predicted octanol–water partition coefficient (Wildman–Crippen LogP) is 2.34. The van der Waals surface area contributed by atoms with Crippen LogP contribution in [0, 0.1) is 0 Å². The Bertz CT molecular complexity index is 1220. The van der Waals surface area contributed by atoms with Crippen LogP contribution in [0.3, 0.4) is 0 Å². The summed E-state index contributed by atoms with van der Waals surface area (Å²) in [5, 5.41) is 2.30. The molecule has 2 aromatic carbocycles. The quantitative estimate of drug-likeness (QED) is 0.580. The largest absolute Gasteiger partial charge is 0.462 e. The number of benzene rings is 2. The summed E-state index contributed by atoms with van der Waals surface area (Å²) in [4.78, 5) is 33.9. The van der Waals surface area contributed by atoms with Gasteiger partial charge < -0.3 is 14.5 Å². The van der Waals surface area contributed by atoms with Crippen molar-refractivity contribution in [3.8, 4) is 11.5 Å². The van der Waals surface area contributed by atoms with Gasteiger partial charge in [-0.15, -0.1) is 0 Å². The van der Waals surface area contributed by atoms with E-state index in [1.807, 2.05) is 0 Å². The maximum absolute atomic E-state index is 12.5. The maximum atomic E-state index is 12.5. The van der Waals surface area contributed by atoms with E-state index >= 15 is 0 Å². The second-order valence-corrected chi connectivity index (χ2v) is 7.50. The highest BCUT2D eigenvalue weighted by atomic mass is 32.2. The minimum atomic E-state index is -3.65. The fourth-order valence-corrected chi connectivity index (χ4v) is 2.98. The number of ether oxygens (including phenoxy) is 1. The lowest BCUT2D eigenvalue weighted by Crippen LogP contribution is -2.12. The van der Waals surface area contributed by atoms with Crippen LogP contribution in [0.2, 0.25) is 0 Å². The number of anilines is 2. The van der Waals surface area contributed by atoms with Gasteiger partial charge in [0.1, 0.15) is 29.6 Å². The van der Waals surface area contributed by atoms with E-state index < -0.39 is 15.5 Å². The van der Waals surface area contributed by atoms with Crippen molar-refractivity contribution in [2.45, 2.75) is 0 Å². The van der Waals surface area contributed by atoms with Gasteiger partial charge in [0.05, 0.1) is 17.3 Å². The minimum absolute atomic E-state index is 0.0346. The van der Waals surface area contributed by atoms with Gasteiger partial charge in [-0.1, -0.05) is 0 Å². The molecular formula is C18H14N2O7S. The number of nitrogens with one attached hydrogen (secondary N) is 2. The Balaban J connectivity index is 2.15. The lowest BCUT2D eigenvalue weighted by molar-refractivity contribution is -0.105. The summed E-state index contributed by atoms with van der Waals surface area (Å²) in [6.07, 6.45) is 3.03. The van der Waals surface area contributed by atoms with Crippen molar-refractivity contribution in [3.63, 3.8) is 0 Å². The molecule has 0 atom stereocenters. The van der Waals surface area contributed by atoms with Crippen LogP contribution in [-0.2, 0) is 14.8 Å². The van der Waals surface area contributed by atoms with E-state index in [1.54, 1.807) is 0 Å². The molecule has 3 rings (SSSR count). The summed E-state index contributed by atoms with van der Waals surface area (Å²) >= 11 is 0. The molecule has 0 saturated heterocycles. The van der Waals surface area contributed by atoms with E-state index in [0.717, 1.165) is 12.5 Å². The fourth-order valence-electron chi connectivity index (χ4n) is 2.42. The highest BCUT2D eigenvalue weighted by Gasteiger charge is 2.16. The van der Waals surface area contributed by atoms with Crippen LogP contribution < -0.4 is 20.2 Å². The predicted molar refractivity (Wildman–Crippen MR) is 103 cm³/mol. The van der Waals surface area contributed by atoms with Gasteiger partial charge in [-0.05, 0) is 30.3 Å². The average Bonchev–Trinajstić information content (AvgIpc) is 2.65. The standard InChI is InChI=1S/C18H14N2O7S/c1-28(24,25)20-14-7-16-13(18(23)15(9-26-16)19-10-22)6-17(14)27-12-4-2-11(8-21)3-5-12/h2-10,20H,1H3,(H,19,22). The van der Waals surface area contributed by atoms with Gasteiger partial charge in [-0.25, -0.2) is 8.42 Å². The molecule has 0 radical (unpaired) electrons. The van der Waals surface area contributed by atoms with Gasteiger partial charge in [0.2, 0.25) is 21.9 Å². The molecule has 0 bridgehead atoms. The normalized spacial score (nSPS) is 11.0. The van der Waals surface area contributed by atoms with Crippen LogP contribution in [0.15, 0.2) is 51.9 Å². The zero-order chi connectivity index (χ0) is 20.3. The van der Waals surface area contributed by atoms with Gasteiger partial charge in [-0.2, -0.15) is 0 Å². The third-order valence-electron chi connectivity index (χ3n) is 3.63. The summed E-state index contributed by atoms with van der Waals surface area (Å²) in [6.45, 7) is 0. The number of amides is 1. The molecule has 1 aromatic heterocycles. The monoisotopic (exact) mass is 402 g/mol. The van der Waals surface area contributed by atoms with Crippen LogP contribution in [0.1, 0.15) is 10.4 Å². The summed E-state index contributed by atoms with van der Waals surface area (Å²) in [5.74, 6) is 0.348. The minimum Gasteiger partial charge on any atom is -0.462 e. The number of carbonyl (C=O) groups is 2. The molecular weight excluding hydrogens is 388 g/mol. The first-order chi connectivity index (χ1) is 13.3. The Morgan fingerprint density at radius 3 is 2.39 bits per heavy atom. The molecule has 0 aliphatic heterocycles. The van der Waals surface area contributed by atoms with Crippen LogP contribution in [-0.4, -0.2) is 27.4 Å². The average molecular weight is 402 g/mol. The van der Waals surface area contributed by atoms with E-state index in [-0.39, 0.29) is 28.1 Å². The van der Waals surface area contributed by atoms with Gasteiger partial charge in [0, 0.05) is 11.6 Å². The van der Waals surface area contributed by atoms with Gasteiger partial charge >= 0.3 is 0 Å². The van der Waals surface area contributed by atoms with Crippen LogP contribution in [0.4, 0.5) is 11.4 Å². The Kier molecular flexibility index (Phi) is 5.14. The SMILES string of the molecule is CS(=O)(=O)Nc1cc2occ(NC=O)c(=O)c2cc1Oc1ccc(C=O)cc1. The summed E-state index contributed by atoms with van der Waals surface area (Å²) < 4.78 is 36.7. The van der Waals surface area contributed by atoms with E-state index in [9.17, 15) is 22.8 Å². The van der Waals surface area contributed by atoms with Gasteiger partial charge in [0.15, 0.2) is 5.75 Å². The molecule has 0 aliphatic carbocycles. The van der Waals surface area contributed by atoms with E-state index in [0.29, 0.717) is 24.0 Å². The number of hydrogen-bond acceptors (Lipinski definition) is 7. The molecule has 1 amide bonds. The summed E-state index contributed by atoms with van der Waals surface area (Å²) in [6, 6.07) is 8.69. The van der Waals surface area contributed by atoms with Gasteiger partial charge in [-0.3, -0.25) is 19.1 Å². The maximum Gasteiger partial charge on any atom is 0.229 e. The third kappa shape index (κ3) is 4.18. The molecule has 9 nitrogen and oxygen atoms in total. The van der Waals surface area contributed by atoms with Crippen molar-refractivity contribution in [3.05, 3.63) is 58.4 Å². The van der Waals surface area contributed by atoms with Crippen molar-refractivity contribution in [1.29, 1.82) is 0 Å². The second-order valence-electron chi connectivity index (χ2n) is 5.75. The highest BCUT2D eigenvalue weighted by Crippen LogP contribution is 2.34. The lowest BCUT2D eigenvalue weighted by atomic mass is 10.2. The lowest BCUT2D eigenvalue weighted by Gasteiger charge is -2.13. The van der Waals surface area contributed by atoms with Crippen LogP contribution in [0.25, 0.3) is 11.0 Å². The number of aldehydes is 1. The van der Waals surface area contributed by atoms with Crippen molar-refractivity contribution in [1.82, 2.24) is 0 Å². The number of sulfonamides is 1. The van der Waals surface area contributed by atoms with E-state index in [2.05, 4.69) is 10.0 Å². The number of fused-ring (bicyclic) bond motifs is 1. The second kappa shape index (κ2) is 7.53. The van der Waals surface area contributed by atoms with Crippen molar-refractivity contribution in [2.24, 2.45) is 0 Å². The Hall–Kier alpha value is -3.66. The summed E-state index contributed by atoms with van der Waals surface area (Å²) in [7, 11) is -3.65. The molecule has 10 heteroatoms. The molecule has 1 heterocycles. The van der Waals surface area contributed by atoms with Crippen LogP contribution in [0.5, 0.6) is 11.5 Å². The van der Waals surface area contributed by atoms with Crippen molar-refractivity contribution in [2.75, 3.05) is 16.3 Å². The molecule has 144 valence electrons. The van der Waals surface area contributed by atoms with Crippen LogP contribution >= 0.6 is 0 Å². The third-order valence-corrected chi connectivity index (χ3v) is 4.22. The smallest absolute Gasteiger partial charge is 0.229 e. The molecule has 28 heavy (non-hydrogen) atoms. The van der Waals surface area contributed by atoms with Gasteiger partial charge in [0.25, 0.3) is 0 Å². The highest BCUT2D eigenvalue weighted by molar-refractivity contribution is 7.92. The molecule has 0 fully saturated rings. The summed E-state index contributed by atoms with van der Waals surface area (Å²) in [5.41, 5.74) is -0.0245. The number of carbonyl (C=O) groups excluding carboxylic acids is 2. The molecule has 3 aromatic rings. The first-order valence-electron chi connectivity index (χ1n) is 7.81. The van der Waals surface area contributed by atoms with Crippen molar-refractivity contribution >= 4 is 45.1 Å². The molecule has 0 saturated carbocycles. The molecule has 2 N–H and O–H groups in total. The zero-order valence-corrected chi connectivity index (χ0v) is 15.3. The first kappa shape index (κ1) is 19.1. The molecule has 0 spiro atoms. The van der Waals surface area contributed by atoms with E-state index in [4.69, 9.17) is 9.15 Å². The Morgan fingerprint density at radius 1 is 1.07 bits per heavy atom. The van der Waals surface area contributed by atoms with Crippen molar-refractivity contribution < 1.29 is 27.2 Å². The molecule has 0 unspecified atom stereocenters. The molecule has 0 aliphatic rings. The Morgan fingerprint density at radius 2 is 1.79 bits per heavy atom. The Labute approximate surface area is 159 Å². The zero-order valence-electron chi connectivity index (χ0n) is 14.5. The number of rotatable bonds is 7. The van der Waals surface area contributed by atoms with E-state index in [1.165, 1.54) is 36.4 Å². The number of hydrogen-bond donors (Lipinski definition) is 2.